The topological polar surface area (TPSA) is 35.5 Å². The van der Waals surface area contributed by atoms with Crippen LogP contribution in [0.4, 0.5) is 0 Å². The van der Waals surface area contributed by atoms with Gasteiger partial charge in [0.15, 0.2) is 0 Å². The molecule has 74 valence electrons. The number of aliphatic hydroxyl groups excluding tert-OH is 1. The minimum absolute atomic E-state index is 0. The second-order valence-electron chi connectivity index (χ2n) is 3.71. The molecule has 0 bridgehead atoms. The van der Waals surface area contributed by atoms with Gasteiger partial charge in [0.2, 0.25) is 0 Å². The first-order valence-corrected chi connectivity index (χ1v) is 4.23. The molecule has 0 atom stereocenters. The average molecular weight is 195 g/mol. The van der Waals surface area contributed by atoms with Crippen molar-refractivity contribution in [3.8, 4) is 0 Å². The fraction of sp³-hybridized carbons (Fsp3) is 1.00. The smallest absolute Gasteiger partial charge is 0.0610 e. The minimum atomic E-state index is -0.0396. The number of hydrogen-bond donors (Lipinski definition) is 2. The van der Waals surface area contributed by atoms with Gasteiger partial charge in [0.1, 0.15) is 0 Å². The largest absolute Gasteiger partial charge is 0.394 e. The van der Waals surface area contributed by atoms with E-state index in [0.717, 1.165) is 26.2 Å². The molecule has 0 unspecified atom stereocenters. The van der Waals surface area contributed by atoms with Crippen LogP contribution in [-0.2, 0) is 0 Å². The van der Waals surface area contributed by atoms with E-state index in [1.165, 1.54) is 0 Å². The second kappa shape index (κ2) is 5.02. The maximum absolute atomic E-state index is 9.08. The Bertz CT molecular complexity index is 124. The van der Waals surface area contributed by atoms with E-state index in [2.05, 4.69) is 24.1 Å². The van der Waals surface area contributed by atoms with Gasteiger partial charge in [0, 0.05) is 31.7 Å². The molecular weight excluding hydrogens is 176 g/mol. The molecule has 1 heterocycles. The van der Waals surface area contributed by atoms with Crippen molar-refractivity contribution in [1.82, 2.24) is 10.2 Å². The highest BCUT2D eigenvalue weighted by molar-refractivity contribution is 5.85. The Morgan fingerprint density at radius 2 is 1.83 bits per heavy atom. The van der Waals surface area contributed by atoms with Gasteiger partial charge in [-0.05, 0) is 13.8 Å². The monoisotopic (exact) mass is 194 g/mol. The molecule has 1 saturated heterocycles. The SMILES string of the molecule is CC(C)(CO)N1CCNCC1.Cl. The van der Waals surface area contributed by atoms with Gasteiger partial charge in [0.05, 0.1) is 6.61 Å². The molecule has 1 rings (SSSR count). The normalized spacial score (nSPS) is 20.2. The van der Waals surface area contributed by atoms with Gasteiger partial charge in [-0.1, -0.05) is 0 Å². The summed E-state index contributed by atoms with van der Waals surface area (Å²) in [7, 11) is 0. The third kappa shape index (κ3) is 2.90. The number of aliphatic hydroxyl groups is 1. The first-order chi connectivity index (χ1) is 5.17. The average Bonchev–Trinajstić information content (AvgIpc) is 2.06. The van der Waals surface area contributed by atoms with Crippen LogP contribution in [0.3, 0.4) is 0 Å². The highest BCUT2D eigenvalue weighted by Crippen LogP contribution is 2.13. The summed E-state index contributed by atoms with van der Waals surface area (Å²) < 4.78 is 0. The molecule has 0 aromatic rings. The van der Waals surface area contributed by atoms with Gasteiger partial charge in [-0.3, -0.25) is 4.90 Å². The van der Waals surface area contributed by atoms with Crippen molar-refractivity contribution in [3.05, 3.63) is 0 Å². The summed E-state index contributed by atoms with van der Waals surface area (Å²) in [6, 6.07) is 0. The van der Waals surface area contributed by atoms with Crippen LogP contribution < -0.4 is 5.32 Å². The van der Waals surface area contributed by atoms with E-state index in [1.54, 1.807) is 0 Å². The Labute approximate surface area is 80.5 Å². The zero-order valence-electron chi connectivity index (χ0n) is 7.84. The van der Waals surface area contributed by atoms with Crippen molar-refractivity contribution in [3.63, 3.8) is 0 Å². The van der Waals surface area contributed by atoms with Crippen molar-refractivity contribution in [2.24, 2.45) is 0 Å². The molecule has 0 radical (unpaired) electrons. The Kier molecular flexibility index (Phi) is 5.09. The van der Waals surface area contributed by atoms with Gasteiger partial charge in [0.25, 0.3) is 0 Å². The molecule has 0 aromatic carbocycles. The lowest BCUT2D eigenvalue weighted by atomic mass is 10.0. The first-order valence-electron chi connectivity index (χ1n) is 4.23. The zero-order valence-corrected chi connectivity index (χ0v) is 8.65. The van der Waals surface area contributed by atoms with Crippen LogP contribution in [0, 0.1) is 0 Å². The molecule has 0 aliphatic carbocycles. The van der Waals surface area contributed by atoms with Crippen LogP contribution in [0.2, 0.25) is 0 Å². The molecule has 12 heavy (non-hydrogen) atoms. The summed E-state index contributed by atoms with van der Waals surface area (Å²) in [5.41, 5.74) is -0.0396. The Morgan fingerprint density at radius 1 is 1.33 bits per heavy atom. The fourth-order valence-corrected chi connectivity index (χ4v) is 1.37. The predicted molar refractivity (Wildman–Crippen MR) is 52.9 cm³/mol. The van der Waals surface area contributed by atoms with E-state index in [0.29, 0.717) is 0 Å². The number of nitrogens with zero attached hydrogens (tertiary/aromatic N) is 1. The van der Waals surface area contributed by atoms with Crippen LogP contribution >= 0.6 is 12.4 Å². The molecule has 1 fully saturated rings. The molecule has 0 saturated carbocycles. The van der Waals surface area contributed by atoms with Crippen LogP contribution in [0.15, 0.2) is 0 Å². The van der Waals surface area contributed by atoms with Crippen LogP contribution in [0.25, 0.3) is 0 Å². The van der Waals surface area contributed by atoms with Crippen LogP contribution in [0.5, 0.6) is 0 Å². The van der Waals surface area contributed by atoms with E-state index in [1.807, 2.05) is 0 Å². The standard InChI is InChI=1S/C8H18N2O.ClH/c1-8(2,7-11)10-5-3-9-4-6-10;/h9,11H,3-7H2,1-2H3;1H. The second-order valence-corrected chi connectivity index (χ2v) is 3.71. The molecular formula is C8H19ClN2O. The summed E-state index contributed by atoms with van der Waals surface area (Å²) >= 11 is 0. The highest BCUT2D eigenvalue weighted by atomic mass is 35.5. The van der Waals surface area contributed by atoms with Gasteiger partial charge in [-0.15, -0.1) is 12.4 Å². The maximum Gasteiger partial charge on any atom is 0.0610 e. The van der Waals surface area contributed by atoms with Crippen molar-refractivity contribution in [2.75, 3.05) is 32.8 Å². The highest BCUT2D eigenvalue weighted by Gasteiger charge is 2.26. The van der Waals surface area contributed by atoms with E-state index in [-0.39, 0.29) is 24.6 Å². The van der Waals surface area contributed by atoms with Crippen molar-refractivity contribution >= 4 is 12.4 Å². The summed E-state index contributed by atoms with van der Waals surface area (Å²) in [6.07, 6.45) is 0. The van der Waals surface area contributed by atoms with E-state index < -0.39 is 0 Å². The van der Waals surface area contributed by atoms with Gasteiger partial charge >= 0.3 is 0 Å². The number of halogens is 1. The molecule has 2 N–H and O–H groups in total. The van der Waals surface area contributed by atoms with Gasteiger partial charge in [-0.25, -0.2) is 0 Å². The molecule has 1 aliphatic heterocycles. The molecule has 0 amide bonds. The van der Waals surface area contributed by atoms with E-state index in [4.69, 9.17) is 5.11 Å². The van der Waals surface area contributed by atoms with Crippen LogP contribution in [0.1, 0.15) is 13.8 Å². The third-order valence-electron chi connectivity index (χ3n) is 2.36. The number of rotatable bonds is 2. The van der Waals surface area contributed by atoms with Gasteiger partial charge in [-0.2, -0.15) is 0 Å². The molecule has 0 spiro atoms. The molecule has 0 aromatic heterocycles. The first kappa shape index (κ1) is 12.2. The Balaban J connectivity index is 0.00000121. The predicted octanol–water partition coefficient (Wildman–Crippen LogP) is 0.0843. The minimum Gasteiger partial charge on any atom is -0.394 e. The number of nitrogens with one attached hydrogen (secondary N) is 1. The van der Waals surface area contributed by atoms with Crippen LogP contribution in [-0.4, -0.2) is 48.3 Å². The molecule has 3 nitrogen and oxygen atoms in total. The Hall–Kier alpha value is 0.170. The third-order valence-corrected chi connectivity index (χ3v) is 2.36. The fourth-order valence-electron chi connectivity index (χ4n) is 1.37. The molecule has 4 heteroatoms. The lowest BCUT2D eigenvalue weighted by Gasteiger charge is -2.39. The van der Waals surface area contributed by atoms with E-state index >= 15 is 0 Å². The maximum atomic E-state index is 9.08. The summed E-state index contributed by atoms with van der Waals surface area (Å²) in [5.74, 6) is 0. The number of hydrogen-bond acceptors (Lipinski definition) is 3. The Morgan fingerprint density at radius 3 is 2.25 bits per heavy atom. The lowest BCUT2D eigenvalue weighted by molar-refractivity contribution is 0.0477. The zero-order chi connectivity index (χ0) is 8.32. The molecule has 1 aliphatic rings. The van der Waals surface area contributed by atoms with Crippen molar-refractivity contribution in [2.45, 2.75) is 19.4 Å². The lowest BCUT2D eigenvalue weighted by Crippen LogP contribution is -2.54. The summed E-state index contributed by atoms with van der Waals surface area (Å²) in [4.78, 5) is 2.32. The van der Waals surface area contributed by atoms with Crippen molar-refractivity contribution in [1.29, 1.82) is 0 Å². The summed E-state index contributed by atoms with van der Waals surface area (Å²) in [6.45, 7) is 8.59. The van der Waals surface area contributed by atoms with Gasteiger partial charge < -0.3 is 10.4 Å². The number of piperazine rings is 1. The van der Waals surface area contributed by atoms with Crippen molar-refractivity contribution < 1.29 is 5.11 Å². The quantitative estimate of drug-likeness (QED) is 0.654. The van der Waals surface area contributed by atoms with E-state index in [9.17, 15) is 0 Å². The summed E-state index contributed by atoms with van der Waals surface area (Å²) in [5, 5.41) is 12.4.